The SMILES string of the molecule is COC1C[C@@H]2CN(C(=O)c3cn(C)c4ccccc34)C[C@@H]2C1. The number of aryl methyl sites for hydroxylation is 1. The summed E-state index contributed by atoms with van der Waals surface area (Å²) in [6.07, 6.45) is 4.56. The van der Waals surface area contributed by atoms with Gasteiger partial charge in [0, 0.05) is 44.3 Å². The predicted octanol–water partition coefficient (Wildman–Crippen LogP) is 2.68. The fourth-order valence-corrected chi connectivity index (χ4v) is 4.29. The first-order valence-electron chi connectivity index (χ1n) is 8.03. The number of hydrogen-bond acceptors (Lipinski definition) is 2. The minimum Gasteiger partial charge on any atom is -0.381 e. The van der Waals surface area contributed by atoms with E-state index < -0.39 is 0 Å². The lowest BCUT2D eigenvalue weighted by molar-refractivity contribution is 0.0733. The van der Waals surface area contributed by atoms with E-state index in [0.717, 1.165) is 42.4 Å². The molecule has 1 aliphatic heterocycles. The van der Waals surface area contributed by atoms with Crippen LogP contribution in [-0.4, -0.2) is 41.7 Å². The van der Waals surface area contributed by atoms with Crippen molar-refractivity contribution in [1.29, 1.82) is 0 Å². The van der Waals surface area contributed by atoms with Crippen LogP contribution in [0.5, 0.6) is 0 Å². The molecule has 0 N–H and O–H groups in total. The number of carbonyl (C=O) groups is 1. The van der Waals surface area contributed by atoms with Crippen molar-refractivity contribution in [2.75, 3.05) is 20.2 Å². The van der Waals surface area contributed by atoms with Crippen molar-refractivity contribution in [1.82, 2.24) is 9.47 Å². The molecule has 1 unspecified atom stereocenters. The molecule has 1 saturated heterocycles. The summed E-state index contributed by atoms with van der Waals surface area (Å²) in [4.78, 5) is 15.0. The van der Waals surface area contributed by atoms with Crippen LogP contribution in [0.4, 0.5) is 0 Å². The molecular formula is C18H22N2O2. The van der Waals surface area contributed by atoms with E-state index in [9.17, 15) is 4.79 Å². The monoisotopic (exact) mass is 298 g/mol. The van der Waals surface area contributed by atoms with Gasteiger partial charge in [-0.3, -0.25) is 4.79 Å². The molecule has 2 aliphatic rings. The highest BCUT2D eigenvalue weighted by Gasteiger charge is 2.42. The zero-order chi connectivity index (χ0) is 15.3. The van der Waals surface area contributed by atoms with E-state index in [0.29, 0.717) is 17.9 Å². The molecule has 116 valence electrons. The number of rotatable bonds is 2. The van der Waals surface area contributed by atoms with Crippen LogP contribution < -0.4 is 0 Å². The maximum atomic E-state index is 12.9. The first kappa shape index (κ1) is 13.8. The van der Waals surface area contributed by atoms with E-state index in [2.05, 4.69) is 6.07 Å². The van der Waals surface area contributed by atoms with Crippen molar-refractivity contribution >= 4 is 16.8 Å². The van der Waals surface area contributed by atoms with Crippen LogP contribution in [-0.2, 0) is 11.8 Å². The highest BCUT2D eigenvalue weighted by molar-refractivity contribution is 6.07. The number of nitrogens with zero attached hydrogens (tertiary/aromatic N) is 2. The molecule has 2 heterocycles. The third-order valence-electron chi connectivity index (χ3n) is 5.46. The Labute approximate surface area is 130 Å². The molecule has 1 aromatic carbocycles. The van der Waals surface area contributed by atoms with Gasteiger partial charge >= 0.3 is 0 Å². The zero-order valence-electron chi connectivity index (χ0n) is 13.2. The Kier molecular flexibility index (Phi) is 3.22. The molecule has 4 heteroatoms. The van der Waals surface area contributed by atoms with Gasteiger partial charge in [0.05, 0.1) is 11.7 Å². The van der Waals surface area contributed by atoms with Crippen molar-refractivity contribution in [3.8, 4) is 0 Å². The molecule has 4 rings (SSSR count). The quantitative estimate of drug-likeness (QED) is 0.854. The number of amides is 1. The van der Waals surface area contributed by atoms with E-state index in [4.69, 9.17) is 4.74 Å². The summed E-state index contributed by atoms with van der Waals surface area (Å²) in [5.74, 6) is 1.41. The summed E-state index contributed by atoms with van der Waals surface area (Å²) in [5.41, 5.74) is 1.95. The van der Waals surface area contributed by atoms with Crippen LogP contribution >= 0.6 is 0 Å². The molecule has 1 aromatic heterocycles. The van der Waals surface area contributed by atoms with Gasteiger partial charge in [-0.05, 0) is 30.7 Å². The molecule has 1 aliphatic carbocycles. The Bertz CT molecular complexity index is 707. The highest BCUT2D eigenvalue weighted by atomic mass is 16.5. The standard InChI is InChI=1S/C18H22N2O2/c1-19-11-16(15-5-3-4-6-17(15)19)18(21)20-9-12-7-14(22-2)8-13(12)10-20/h3-6,11-14H,7-10H2,1-2H3/t12-,13+,14?. The minimum absolute atomic E-state index is 0.181. The van der Waals surface area contributed by atoms with Gasteiger partial charge < -0.3 is 14.2 Å². The number of carbonyl (C=O) groups excluding carboxylic acids is 1. The second-order valence-corrected chi connectivity index (χ2v) is 6.73. The third kappa shape index (κ3) is 2.05. The molecular weight excluding hydrogens is 276 g/mol. The summed E-state index contributed by atoms with van der Waals surface area (Å²) in [5, 5.41) is 1.06. The maximum Gasteiger partial charge on any atom is 0.256 e. The Morgan fingerprint density at radius 3 is 2.55 bits per heavy atom. The molecule has 0 radical (unpaired) electrons. The molecule has 4 nitrogen and oxygen atoms in total. The van der Waals surface area contributed by atoms with E-state index in [-0.39, 0.29) is 5.91 Å². The van der Waals surface area contributed by atoms with Crippen LogP contribution in [0.2, 0.25) is 0 Å². The Morgan fingerprint density at radius 1 is 1.18 bits per heavy atom. The van der Waals surface area contributed by atoms with E-state index >= 15 is 0 Å². The van der Waals surface area contributed by atoms with Crippen LogP contribution in [0, 0.1) is 11.8 Å². The van der Waals surface area contributed by atoms with Crippen molar-refractivity contribution < 1.29 is 9.53 Å². The maximum absolute atomic E-state index is 12.9. The van der Waals surface area contributed by atoms with Gasteiger partial charge in [0.25, 0.3) is 5.91 Å². The van der Waals surface area contributed by atoms with Crippen molar-refractivity contribution in [2.24, 2.45) is 18.9 Å². The minimum atomic E-state index is 0.181. The molecule has 0 spiro atoms. The number of ether oxygens (including phenoxy) is 1. The number of benzene rings is 1. The average molecular weight is 298 g/mol. The molecule has 2 aromatic rings. The van der Waals surface area contributed by atoms with Crippen molar-refractivity contribution in [2.45, 2.75) is 18.9 Å². The van der Waals surface area contributed by atoms with Gasteiger partial charge in [0.15, 0.2) is 0 Å². The summed E-state index contributed by atoms with van der Waals surface area (Å²) in [7, 11) is 3.80. The number of fused-ring (bicyclic) bond motifs is 2. The first-order valence-corrected chi connectivity index (χ1v) is 8.03. The molecule has 22 heavy (non-hydrogen) atoms. The average Bonchev–Trinajstić information content (AvgIpc) is 3.18. The third-order valence-corrected chi connectivity index (χ3v) is 5.46. The molecule has 1 amide bonds. The van der Waals surface area contributed by atoms with Gasteiger partial charge in [-0.15, -0.1) is 0 Å². The molecule has 1 saturated carbocycles. The van der Waals surface area contributed by atoms with Gasteiger partial charge in [-0.2, -0.15) is 0 Å². The normalized spacial score (nSPS) is 27.5. The predicted molar refractivity (Wildman–Crippen MR) is 85.8 cm³/mol. The van der Waals surface area contributed by atoms with E-state index in [1.165, 1.54) is 0 Å². The second kappa shape index (κ2) is 5.13. The summed E-state index contributed by atoms with van der Waals surface area (Å²) < 4.78 is 7.52. The van der Waals surface area contributed by atoms with Gasteiger partial charge in [0.2, 0.25) is 0 Å². The summed E-state index contributed by atoms with van der Waals surface area (Å²) in [6.45, 7) is 1.76. The molecule has 3 atom stereocenters. The van der Waals surface area contributed by atoms with Crippen LogP contribution in [0.1, 0.15) is 23.2 Å². The molecule has 2 fully saturated rings. The largest absolute Gasteiger partial charge is 0.381 e. The van der Waals surface area contributed by atoms with Crippen LogP contribution in [0.15, 0.2) is 30.5 Å². The first-order chi connectivity index (χ1) is 10.7. The lowest BCUT2D eigenvalue weighted by Crippen LogP contribution is -2.30. The lowest BCUT2D eigenvalue weighted by atomic mass is 10.0. The smallest absolute Gasteiger partial charge is 0.256 e. The Morgan fingerprint density at radius 2 is 1.86 bits per heavy atom. The highest BCUT2D eigenvalue weighted by Crippen LogP contribution is 2.40. The van der Waals surface area contributed by atoms with Crippen LogP contribution in [0.25, 0.3) is 10.9 Å². The number of likely N-dealkylation sites (tertiary alicyclic amines) is 1. The van der Waals surface area contributed by atoms with E-state index in [1.54, 1.807) is 7.11 Å². The summed E-state index contributed by atoms with van der Waals surface area (Å²) >= 11 is 0. The number of hydrogen-bond donors (Lipinski definition) is 0. The lowest BCUT2D eigenvalue weighted by Gasteiger charge is -2.18. The number of aromatic nitrogens is 1. The van der Waals surface area contributed by atoms with Gasteiger partial charge in [-0.25, -0.2) is 0 Å². The topological polar surface area (TPSA) is 34.5 Å². The van der Waals surface area contributed by atoms with Crippen molar-refractivity contribution in [3.63, 3.8) is 0 Å². The Balaban J connectivity index is 1.58. The fourth-order valence-electron chi connectivity index (χ4n) is 4.29. The van der Waals surface area contributed by atoms with Gasteiger partial charge in [0.1, 0.15) is 0 Å². The zero-order valence-corrected chi connectivity index (χ0v) is 13.2. The molecule has 0 bridgehead atoms. The van der Waals surface area contributed by atoms with E-state index in [1.807, 2.05) is 40.9 Å². The van der Waals surface area contributed by atoms with Gasteiger partial charge in [-0.1, -0.05) is 18.2 Å². The second-order valence-electron chi connectivity index (χ2n) is 6.73. The summed E-state index contributed by atoms with van der Waals surface area (Å²) in [6, 6.07) is 8.12. The van der Waals surface area contributed by atoms with Crippen molar-refractivity contribution in [3.05, 3.63) is 36.0 Å². The fraction of sp³-hybridized carbons (Fsp3) is 0.500. The Hall–Kier alpha value is -1.81. The van der Waals surface area contributed by atoms with Crippen LogP contribution in [0.3, 0.4) is 0 Å². The number of methoxy groups -OCH3 is 1. The number of para-hydroxylation sites is 1.